The number of hydrogen-bond acceptors (Lipinski definition) is 4. The van der Waals surface area contributed by atoms with Crippen molar-refractivity contribution in [3.05, 3.63) is 0 Å². The largest absolute Gasteiger partial charge is 0.481 e. The second-order valence-electron chi connectivity index (χ2n) is 7.62. The van der Waals surface area contributed by atoms with Crippen LogP contribution in [-0.4, -0.2) is 34.2 Å². The third kappa shape index (κ3) is 19.2. The Morgan fingerprint density at radius 1 is 0.643 bits per heavy atom. The SMILES string of the molecule is CCCCCC[C@H](CCCCCCCCCCC(=O)O)OC(=O)CCC(=O)O. The molecule has 0 bridgehead atoms. The number of carbonyl (C=O) groups excluding carboxylic acids is 1. The van der Waals surface area contributed by atoms with Crippen LogP contribution in [0.5, 0.6) is 0 Å². The van der Waals surface area contributed by atoms with Crippen LogP contribution in [0.25, 0.3) is 0 Å². The first-order chi connectivity index (χ1) is 13.5. The highest BCUT2D eigenvalue weighted by Crippen LogP contribution is 2.17. The Kier molecular flexibility index (Phi) is 17.7. The predicted octanol–water partition coefficient (Wildman–Crippen LogP) is 5.72. The number of aliphatic carboxylic acids is 2. The lowest BCUT2D eigenvalue weighted by atomic mass is 10.0. The molecule has 0 aliphatic heterocycles. The molecule has 0 aliphatic carbocycles. The molecule has 0 radical (unpaired) electrons. The van der Waals surface area contributed by atoms with Crippen molar-refractivity contribution in [3.8, 4) is 0 Å². The maximum Gasteiger partial charge on any atom is 0.306 e. The summed E-state index contributed by atoms with van der Waals surface area (Å²) in [4.78, 5) is 32.8. The number of hydrogen-bond donors (Lipinski definition) is 2. The maximum atomic E-state index is 11.8. The molecule has 0 fully saturated rings. The summed E-state index contributed by atoms with van der Waals surface area (Å²) in [6, 6.07) is 0. The zero-order valence-corrected chi connectivity index (χ0v) is 17.6. The molecule has 0 spiro atoms. The standard InChI is InChI=1S/C22H40O6/c1-2-3-4-11-14-19(28-22(27)18-17-21(25)26)15-12-9-7-5-6-8-10-13-16-20(23)24/h19H,2-18H2,1H3,(H,23,24)(H,25,26)/t19-/m1/s1. The molecular weight excluding hydrogens is 360 g/mol. The van der Waals surface area contributed by atoms with Gasteiger partial charge in [0, 0.05) is 6.42 Å². The van der Waals surface area contributed by atoms with Gasteiger partial charge in [-0.2, -0.15) is 0 Å². The van der Waals surface area contributed by atoms with E-state index >= 15 is 0 Å². The van der Waals surface area contributed by atoms with Gasteiger partial charge in [0.2, 0.25) is 0 Å². The van der Waals surface area contributed by atoms with Crippen molar-refractivity contribution < 1.29 is 29.3 Å². The van der Waals surface area contributed by atoms with Crippen LogP contribution < -0.4 is 0 Å². The predicted molar refractivity (Wildman–Crippen MR) is 109 cm³/mol. The molecule has 0 heterocycles. The number of rotatable bonds is 20. The van der Waals surface area contributed by atoms with E-state index in [4.69, 9.17) is 14.9 Å². The fourth-order valence-electron chi connectivity index (χ4n) is 3.22. The second-order valence-corrected chi connectivity index (χ2v) is 7.62. The summed E-state index contributed by atoms with van der Waals surface area (Å²) in [6.07, 6.45) is 14.6. The van der Waals surface area contributed by atoms with Crippen LogP contribution in [0.2, 0.25) is 0 Å². The third-order valence-electron chi connectivity index (χ3n) is 4.89. The molecule has 6 nitrogen and oxygen atoms in total. The minimum absolute atomic E-state index is 0.0529. The molecule has 164 valence electrons. The first-order valence-corrected chi connectivity index (χ1v) is 11.1. The minimum atomic E-state index is -0.973. The van der Waals surface area contributed by atoms with Gasteiger partial charge in [-0.25, -0.2) is 0 Å². The molecule has 0 amide bonds. The van der Waals surface area contributed by atoms with Crippen LogP contribution in [0.15, 0.2) is 0 Å². The van der Waals surface area contributed by atoms with E-state index in [0.29, 0.717) is 0 Å². The summed E-state index contributed by atoms with van der Waals surface area (Å²) < 4.78 is 5.52. The summed E-state index contributed by atoms with van der Waals surface area (Å²) in [7, 11) is 0. The first kappa shape index (κ1) is 26.4. The van der Waals surface area contributed by atoms with Crippen LogP contribution in [0.1, 0.15) is 116 Å². The molecule has 1 atom stereocenters. The smallest absolute Gasteiger partial charge is 0.306 e. The van der Waals surface area contributed by atoms with Crippen molar-refractivity contribution in [3.63, 3.8) is 0 Å². The van der Waals surface area contributed by atoms with E-state index in [-0.39, 0.29) is 25.4 Å². The second kappa shape index (κ2) is 18.8. The van der Waals surface area contributed by atoms with Gasteiger partial charge in [0.25, 0.3) is 0 Å². The maximum absolute atomic E-state index is 11.8. The molecule has 0 rings (SSSR count). The van der Waals surface area contributed by atoms with Gasteiger partial charge in [0.15, 0.2) is 0 Å². The summed E-state index contributed by atoms with van der Waals surface area (Å²) in [5.74, 6) is -2.09. The number of esters is 1. The molecular formula is C22H40O6. The summed E-state index contributed by atoms with van der Waals surface area (Å²) in [5.41, 5.74) is 0. The van der Waals surface area contributed by atoms with Crippen LogP contribution in [0.3, 0.4) is 0 Å². The highest BCUT2D eigenvalue weighted by molar-refractivity contribution is 5.76. The van der Waals surface area contributed by atoms with Gasteiger partial charge in [-0.05, 0) is 32.1 Å². The highest BCUT2D eigenvalue weighted by Gasteiger charge is 2.15. The number of ether oxygens (including phenoxy) is 1. The van der Waals surface area contributed by atoms with Crippen LogP contribution in [0, 0.1) is 0 Å². The zero-order valence-electron chi connectivity index (χ0n) is 17.6. The number of carboxylic acids is 2. The van der Waals surface area contributed by atoms with E-state index in [9.17, 15) is 14.4 Å². The van der Waals surface area contributed by atoms with Gasteiger partial charge in [0.1, 0.15) is 6.10 Å². The average Bonchev–Trinajstić information content (AvgIpc) is 2.64. The van der Waals surface area contributed by atoms with Crippen molar-refractivity contribution in [1.82, 2.24) is 0 Å². The number of unbranched alkanes of at least 4 members (excludes halogenated alkanes) is 10. The first-order valence-electron chi connectivity index (χ1n) is 11.1. The quantitative estimate of drug-likeness (QED) is 0.200. The third-order valence-corrected chi connectivity index (χ3v) is 4.89. The van der Waals surface area contributed by atoms with Crippen LogP contribution in [-0.2, 0) is 19.1 Å². The van der Waals surface area contributed by atoms with Crippen molar-refractivity contribution in [2.75, 3.05) is 0 Å². The molecule has 0 saturated heterocycles. The van der Waals surface area contributed by atoms with Gasteiger partial charge in [0.05, 0.1) is 12.8 Å². The van der Waals surface area contributed by atoms with Gasteiger partial charge in [-0.15, -0.1) is 0 Å². The van der Waals surface area contributed by atoms with E-state index in [1.54, 1.807) is 0 Å². The fraction of sp³-hybridized carbons (Fsp3) is 0.864. The Balaban J connectivity index is 3.88. The lowest BCUT2D eigenvalue weighted by molar-refractivity contribution is -0.152. The van der Waals surface area contributed by atoms with E-state index in [0.717, 1.165) is 77.0 Å². The Bertz CT molecular complexity index is 421. The lowest BCUT2D eigenvalue weighted by Crippen LogP contribution is -2.19. The monoisotopic (exact) mass is 400 g/mol. The summed E-state index contributed by atoms with van der Waals surface area (Å²) in [6.45, 7) is 2.16. The molecule has 28 heavy (non-hydrogen) atoms. The number of carbonyl (C=O) groups is 3. The molecule has 0 unspecified atom stereocenters. The van der Waals surface area contributed by atoms with Crippen LogP contribution >= 0.6 is 0 Å². The van der Waals surface area contributed by atoms with Crippen molar-refractivity contribution in [1.29, 1.82) is 0 Å². The topological polar surface area (TPSA) is 101 Å². The molecule has 0 saturated carbocycles. The summed E-state index contributed by atoms with van der Waals surface area (Å²) in [5, 5.41) is 17.3. The molecule has 0 aromatic rings. The van der Waals surface area contributed by atoms with E-state index in [1.807, 2.05) is 0 Å². The Morgan fingerprint density at radius 3 is 1.61 bits per heavy atom. The van der Waals surface area contributed by atoms with Gasteiger partial charge < -0.3 is 14.9 Å². The summed E-state index contributed by atoms with van der Waals surface area (Å²) >= 11 is 0. The highest BCUT2D eigenvalue weighted by atomic mass is 16.5. The molecule has 2 N–H and O–H groups in total. The zero-order chi connectivity index (χ0) is 21.0. The van der Waals surface area contributed by atoms with Gasteiger partial charge in [-0.3, -0.25) is 14.4 Å². The minimum Gasteiger partial charge on any atom is -0.481 e. The average molecular weight is 401 g/mol. The normalized spacial score (nSPS) is 11.9. The van der Waals surface area contributed by atoms with Crippen molar-refractivity contribution >= 4 is 17.9 Å². The Hall–Kier alpha value is -1.59. The molecule has 0 aliphatic rings. The van der Waals surface area contributed by atoms with Crippen molar-refractivity contribution in [2.45, 2.75) is 122 Å². The molecule has 6 heteroatoms. The number of carboxylic acid groups (broad SMARTS) is 2. The molecule has 0 aromatic heterocycles. The Morgan fingerprint density at radius 2 is 1.11 bits per heavy atom. The van der Waals surface area contributed by atoms with Crippen molar-refractivity contribution in [2.24, 2.45) is 0 Å². The lowest BCUT2D eigenvalue weighted by Gasteiger charge is -2.18. The van der Waals surface area contributed by atoms with Gasteiger partial charge in [-0.1, -0.05) is 64.7 Å². The molecule has 0 aromatic carbocycles. The van der Waals surface area contributed by atoms with E-state index in [2.05, 4.69) is 6.92 Å². The fourth-order valence-corrected chi connectivity index (χ4v) is 3.22. The Labute approximate surface area is 170 Å². The van der Waals surface area contributed by atoms with Crippen LogP contribution in [0.4, 0.5) is 0 Å². The van der Waals surface area contributed by atoms with E-state index < -0.39 is 17.9 Å². The van der Waals surface area contributed by atoms with Gasteiger partial charge >= 0.3 is 17.9 Å². The van der Waals surface area contributed by atoms with E-state index in [1.165, 1.54) is 12.8 Å².